The topological polar surface area (TPSA) is 93.8 Å². The Labute approximate surface area is 112 Å². The maximum Gasteiger partial charge on any atom is 0.224 e. The highest BCUT2D eigenvalue weighted by Gasteiger charge is 2.06. The molecule has 0 aromatic heterocycles. The zero-order valence-electron chi connectivity index (χ0n) is 11.0. The lowest BCUT2D eigenvalue weighted by Crippen LogP contribution is -2.13. The molecular formula is C13H20N2O4. The average molecular weight is 268 g/mol. The fourth-order valence-electron chi connectivity index (χ4n) is 1.50. The molecule has 0 aliphatic rings. The van der Waals surface area contributed by atoms with E-state index in [1.54, 1.807) is 25.3 Å². The first-order valence-electron chi connectivity index (χ1n) is 6.09. The number of hydrogen-bond donors (Lipinski definition) is 3. The second-order valence-electron chi connectivity index (χ2n) is 3.94. The van der Waals surface area contributed by atoms with Crippen molar-refractivity contribution in [1.82, 2.24) is 0 Å². The number of aliphatic hydroxyl groups excluding tert-OH is 1. The second-order valence-corrected chi connectivity index (χ2v) is 3.94. The summed E-state index contributed by atoms with van der Waals surface area (Å²) in [5.74, 6) is 0.525. The van der Waals surface area contributed by atoms with E-state index in [9.17, 15) is 4.79 Å². The highest BCUT2D eigenvalue weighted by Crippen LogP contribution is 2.24. The molecule has 0 aliphatic heterocycles. The van der Waals surface area contributed by atoms with Crippen molar-refractivity contribution in [3.05, 3.63) is 18.2 Å². The van der Waals surface area contributed by atoms with E-state index in [-0.39, 0.29) is 12.5 Å². The zero-order chi connectivity index (χ0) is 14.1. The predicted molar refractivity (Wildman–Crippen MR) is 73.2 cm³/mol. The number of rotatable bonds is 8. The molecule has 0 heterocycles. The van der Waals surface area contributed by atoms with Gasteiger partial charge in [0.15, 0.2) is 0 Å². The molecule has 0 saturated heterocycles. The van der Waals surface area contributed by atoms with Crippen LogP contribution in [-0.4, -0.2) is 37.9 Å². The van der Waals surface area contributed by atoms with Gasteiger partial charge in [-0.3, -0.25) is 4.79 Å². The van der Waals surface area contributed by atoms with Crippen LogP contribution < -0.4 is 15.8 Å². The number of methoxy groups -OCH3 is 1. The van der Waals surface area contributed by atoms with Crippen LogP contribution >= 0.6 is 0 Å². The van der Waals surface area contributed by atoms with Crippen LogP contribution in [0.5, 0.6) is 5.75 Å². The van der Waals surface area contributed by atoms with Gasteiger partial charge in [-0.05, 0) is 18.6 Å². The Bertz CT molecular complexity index is 410. The van der Waals surface area contributed by atoms with Gasteiger partial charge in [0.2, 0.25) is 5.91 Å². The minimum atomic E-state index is -0.121. The molecule has 0 atom stereocenters. The van der Waals surface area contributed by atoms with E-state index < -0.39 is 0 Å². The first kappa shape index (κ1) is 15.3. The maximum absolute atomic E-state index is 11.6. The lowest BCUT2D eigenvalue weighted by atomic mass is 10.2. The van der Waals surface area contributed by atoms with Crippen LogP contribution in [0.1, 0.15) is 12.8 Å². The molecule has 0 unspecified atom stereocenters. The molecule has 1 rings (SSSR count). The van der Waals surface area contributed by atoms with Crippen molar-refractivity contribution in [1.29, 1.82) is 0 Å². The quantitative estimate of drug-likeness (QED) is 0.483. The minimum absolute atomic E-state index is 0.00538. The fourth-order valence-corrected chi connectivity index (χ4v) is 1.50. The van der Waals surface area contributed by atoms with Gasteiger partial charge in [-0.25, -0.2) is 0 Å². The molecule has 0 bridgehead atoms. The third kappa shape index (κ3) is 5.58. The number of anilines is 2. The summed E-state index contributed by atoms with van der Waals surface area (Å²) in [5.41, 5.74) is 6.83. The largest absolute Gasteiger partial charge is 0.497 e. The molecule has 6 heteroatoms. The van der Waals surface area contributed by atoms with Crippen LogP contribution in [0.25, 0.3) is 0 Å². The van der Waals surface area contributed by atoms with Crippen molar-refractivity contribution in [2.75, 3.05) is 38.0 Å². The Morgan fingerprint density at radius 3 is 2.84 bits per heavy atom. The van der Waals surface area contributed by atoms with E-state index >= 15 is 0 Å². The van der Waals surface area contributed by atoms with Crippen molar-refractivity contribution < 1.29 is 19.4 Å². The monoisotopic (exact) mass is 268 g/mol. The molecule has 0 saturated carbocycles. The van der Waals surface area contributed by atoms with Gasteiger partial charge in [-0.2, -0.15) is 0 Å². The number of nitrogen functional groups attached to an aromatic ring is 1. The summed E-state index contributed by atoms with van der Waals surface area (Å²) >= 11 is 0. The molecule has 0 aliphatic carbocycles. The fraction of sp³-hybridized carbons (Fsp3) is 0.462. The lowest BCUT2D eigenvalue weighted by Gasteiger charge is -2.09. The number of nitrogens with one attached hydrogen (secondary N) is 1. The summed E-state index contributed by atoms with van der Waals surface area (Å²) in [6.07, 6.45) is 0.943. The summed E-state index contributed by atoms with van der Waals surface area (Å²) in [6, 6.07) is 5.09. The number of carbonyl (C=O) groups is 1. The van der Waals surface area contributed by atoms with Crippen LogP contribution in [0.2, 0.25) is 0 Å². The van der Waals surface area contributed by atoms with E-state index in [0.29, 0.717) is 43.2 Å². The first-order valence-corrected chi connectivity index (χ1v) is 6.09. The van der Waals surface area contributed by atoms with E-state index in [1.165, 1.54) is 0 Å². The van der Waals surface area contributed by atoms with Crippen molar-refractivity contribution in [2.24, 2.45) is 0 Å². The molecule has 0 radical (unpaired) electrons. The van der Waals surface area contributed by atoms with Crippen LogP contribution in [0, 0.1) is 0 Å². The summed E-state index contributed by atoms with van der Waals surface area (Å²) < 4.78 is 10.1. The van der Waals surface area contributed by atoms with Gasteiger partial charge in [0.1, 0.15) is 5.75 Å². The predicted octanol–water partition coefficient (Wildman–Crippen LogP) is 1.00. The normalized spacial score (nSPS) is 10.2. The molecule has 1 aromatic rings. The molecule has 19 heavy (non-hydrogen) atoms. The van der Waals surface area contributed by atoms with Crippen LogP contribution in [0.4, 0.5) is 11.4 Å². The van der Waals surface area contributed by atoms with Crippen molar-refractivity contribution in [2.45, 2.75) is 12.8 Å². The van der Waals surface area contributed by atoms with Crippen molar-refractivity contribution >= 4 is 17.3 Å². The van der Waals surface area contributed by atoms with Gasteiger partial charge < -0.3 is 25.6 Å². The molecule has 0 spiro atoms. The zero-order valence-corrected chi connectivity index (χ0v) is 11.0. The number of aliphatic hydroxyl groups is 1. The number of ether oxygens (including phenoxy) is 2. The average Bonchev–Trinajstić information content (AvgIpc) is 2.41. The van der Waals surface area contributed by atoms with Gasteiger partial charge >= 0.3 is 0 Å². The third-order valence-corrected chi connectivity index (χ3v) is 2.46. The number of carbonyl (C=O) groups excluding carboxylic acids is 1. The van der Waals surface area contributed by atoms with E-state index in [1.807, 2.05) is 0 Å². The third-order valence-electron chi connectivity index (χ3n) is 2.46. The summed E-state index contributed by atoms with van der Waals surface area (Å²) in [6.45, 7) is 0.744. The number of benzene rings is 1. The van der Waals surface area contributed by atoms with Gasteiger partial charge in [-0.15, -0.1) is 0 Å². The molecule has 1 amide bonds. The SMILES string of the molecule is COc1ccc(NC(=O)CCCOCCO)c(N)c1. The van der Waals surface area contributed by atoms with Gasteiger partial charge in [0.05, 0.1) is 31.7 Å². The van der Waals surface area contributed by atoms with Crippen LogP contribution in [0.15, 0.2) is 18.2 Å². The maximum atomic E-state index is 11.6. The molecule has 1 aromatic carbocycles. The number of hydrogen-bond acceptors (Lipinski definition) is 5. The smallest absolute Gasteiger partial charge is 0.224 e. The van der Waals surface area contributed by atoms with Crippen LogP contribution in [0.3, 0.4) is 0 Å². The van der Waals surface area contributed by atoms with E-state index in [2.05, 4.69) is 5.32 Å². The number of amides is 1. The standard InChI is InChI=1S/C13H20N2O4/c1-18-10-4-5-12(11(14)9-10)15-13(17)3-2-7-19-8-6-16/h4-5,9,16H,2-3,6-8,14H2,1H3,(H,15,17). The second kappa shape index (κ2) is 8.34. The van der Waals surface area contributed by atoms with Crippen molar-refractivity contribution in [3.63, 3.8) is 0 Å². The Kier molecular flexibility index (Phi) is 6.70. The molecule has 106 valence electrons. The first-order chi connectivity index (χ1) is 9.17. The van der Waals surface area contributed by atoms with E-state index in [0.717, 1.165) is 0 Å². The Balaban J connectivity index is 2.36. The van der Waals surface area contributed by atoms with Gasteiger partial charge in [-0.1, -0.05) is 0 Å². The van der Waals surface area contributed by atoms with Gasteiger partial charge in [0, 0.05) is 19.1 Å². The molecule has 6 nitrogen and oxygen atoms in total. The summed E-state index contributed by atoms with van der Waals surface area (Å²) in [4.78, 5) is 11.6. The summed E-state index contributed by atoms with van der Waals surface area (Å²) in [5, 5.41) is 11.2. The van der Waals surface area contributed by atoms with Crippen LogP contribution in [-0.2, 0) is 9.53 Å². The molecule has 4 N–H and O–H groups in total. The Morgan fingerprint density at radius 2 is 2.21 bits per heavy atom. The van der Waals surface area contributed by atoms with Crippen molar-refractivity contribution in [3.8, 4) is 5.75 Å². The summed E-state index contributed by atoms with van der Waals surface area (Å²) in [7, 11) is 1.55. The van der Waals surface area contributed by atoms with E-state index in [4.69, 9.17) is 20.3 Å². The Morgan fingerprint density at radius 1 is 1.42 bits per heavy atom. The Hall–Kier alpha value is -1.79. The highest BCUT2D eigenvalue weighted by atomic mass is 16.5. The highest BCUT2D eigenvalue weighted by molar-refractivity contribution is 5.93. The number of nitrogens with two attached hydrogens (primary N) is 1. The minimum Gasteiger partial charge on any atom is -0.497 e. The molecule has 0 fully saturated rings. The van der Waals surface area contributed by atoms with Gasteiger partial charge in [0.25, 0.3) is 0 Å². The lowest BCUT2D eigenvalue weighted by molar-refractivity contribution is -0.116. The molecular weight excluding hydrogens is 248 g/mol.